The van der Waals surface area contributed by atoms with E-state index < -0.39 is 0 Å². The van der Waals surface area contributed by atoms with Gasteiger partial charge in [-0.2, -0.15) is 0 Å². The maximum absolute atomic E-state index is 13.8. The molecule has 0 saturated carbocycles. The molecule has 2 rings (SSSR count). The zero-order valence-corrected chi connectivity index (χ0v) is 11.9. The molecule has 0 saturated heterocycles. The molecule has 1 aromatic carbocycles. The summed E-state index contributed by atoms with van der Waals surface area (Å²) in [5.41, 5.74) is 1.71. The van der Waals surface area contributed by atoms with E-state index in [9.17, 15) is 4.39 Å². The van der Waals surface area contributed by atoms with E-state index in [1.807, 2.05) is 19.1 Å². The molecule has 0 amide bonds. The number of halogens is 1. The summed E-state index contributed by atoms with van der Waals surface area (Å²) in [5, 5.41) is 3.39. The highest BCUT2D eigenvalue weighted by Gasteiger charge is 2.16. The number of rotatable bonds is 6. The lowest BCUT2D eigenvalue weighted by Crippen LogP contribution is -2.26. The van der Waals surface area contributed by atoms with E-state index in [0.717, 1.165) is 18.5 Å². The van der Waals surface area contributed by atoms with Gasteiger partial charge in [0, 0.05) is 12.4 Å². The number of benzene rings is 1. The van der Waals surface area contributed by atoms with Crippen LogP contribution in [0.4, 0.5) is 4.39 Å². The van der Waals surface area contributed by atoms with Crippen LogP contribution in [0, 0.1) is 12.7 Å². The molecule has 3 nitrogen and oxygen atoms in total. The smallest absolute Gasteiger partial charge is 0.145 e. The second-order valence-electron chi connectivity index (χ2n) is 4.92. The van der Waals surface area contributed by atoms with Crippen LogP contribution in [0.15, 0.2) is 36.7 Å². The van der Waals surface area contributed by atoms with Gasteiger partial charge in [0.1, 0.15) is 11.6 Å². The Kier molecular flexibility index (Phi) is 5.18. The van der Waals surface area contributed by atoms with Crippen molar-refractivity contribution in [3.05, 3.63) is 59.4 Å². The van der Waals surface area contributed by atoms with Crippen molar-refractivity contribution in [3.63, 3.8) is 0 Å². The van der Waals surface area contributed by atoms with Gasteiger partial charge < -0.3 is 5.32 Å². The standard InChI is InChI=1S/C16H20FN3/c1-3-8-18-15(16-19-10-12(2)11-20-16)9-13-6-4-5-7-14(13)17/h4-7,10-11,15,18H,3,8-9H2,1-2H3. The van der Waals surface area contributed by atoms with E-state index >= 15 is 0 Å². The Hall–Kier alpha value is -1.81. The van der Waals surface area contributed by atoms with Gasteiger partial charge in [-0.1, -0.05) is 25.1 Å². The van der Waals surface area contributed by atoms with Gasteiger partial charge in [-0.15, -0.1) is 0 Å². The van der Waals surface area contributed by atoms with Crippen molar-refractivity contribution >= 4 is 0 Å². The van der Waals surface area contributed by atoms with E-state index in [2.05, 4.69) is 22.2 Å². The maximum Gasteiger partial charge on any atom is 0.145 e. The first-order chi connectivity index (χ1) is 9.70. The minimum Gasteiger partial charge on any atom is -0.307 e. The second-order valence-corrected chi connectivity index (χ2v) is 4.92. The van der Waals surface area contributed by atoms with Crippen LogP contribution in [-0.4, -0.2) is 16.5 Å². The third-order valence-electron chi connectivity index (χ3n) is 3.14. The summed E-state index contributed by atoms with van der Waals surface area (Å²) in [5.74, 6) is 0.537. The number of aryl methyl sites for hydroxylation is 1. The number of hydrogen-bond donors (Lipinski definition) is 1. The molecule has 1 unspecified atom stereocenters. The Bertz CT molecular complexity index is 540. The van der Waals surface area contributed by atoms with Crippen LogP contribution in [0.25, 0.3) is 0 Å². The molecule has 2 aromatic rings. The van der Waals surface area contributed by atoms with E-state index in [4.69, 9.17) is 0 Å². The Labute approximate surface area is 119 Å². The van der Waals surface area contributed by atoms with Crippen molar-refractivity contribution in [1.29, 1.82) is 0 Å². The first kappa shape index (κ1) is 14.6. The Balaban J connectivity index is 2.19. The molecule has 1 heterocycles. The lowest BCUT2D eigenvalue weighted by molar-refractivity contribution is 0.491. The summed E-state index contributed by atoms with van der Waals surface area (Å²) < 4.78 is 13.8. The molecule has 0 aliphatic carbocycles. The van der Waals surface area contributed by atoms with Crippen LogP contribution in [-0.2, 0) is 6.42 Å². The third kappa shape index (κ3) is 3.84. The molecule has 1 N–H and O–H groups in total. The molecular weight excluding hydrogens is 253 g/mol. The van der Waals surface area contributed by atoms with Crippen molar-refractivity contribution in [2.75, 3.05) is 6.54 Å². The first-order valence-electron chi connectivity index (χ1n) is 6.96. The molecule has 106 valence electrons. The van der Waals surface area contributed by atoms with Gasteiger partial charge >= 0.3 is 0 Å². The summed E-state index contributed by atoms with van der Waals surface area (Å²) in [6.07, 6.45) is 5.16. The zero-order chi connectivity index (χ0) is 14.4. The van der Waals surface area contributed by atoms with Gasteiger partial charge in [-0.05, 0) is 43.5 Å². The van der Waals surface area contributed by atoms with E-state index in [1.54, 1.807) is 18.5 Å². The van der Waals surface area contributed by atoms with Crippen molar-refractivity contribution in [3.8, 4) is 0 Å². The number of aromatic nitrogens is 2. The average molecular weight is 273 g/mol. The number of hydrogen-bond acceptors (Lipinski definition) is 3. The summed E-state index contributed by atoms with van der Waals surface area (Å²) >= 11 is 0. The van der Waals surface area contributed by atoms with Gasteiger partial charge in [0.2, 0.25) is 0 Å². The molecule has 1 aromatic heterocycles. The summed E-state index contributed by atoms with van der Waals surface area (Å²) in [6, 6.07) is 6.79. The molecular formula is C16H20FN3. The summed E-state index contributed by atoms with van der Waals surface area (Å²) in [4.78, 5) is 8.72. The molecule has 4 heteroatoms. The van der Waals surface area contributed by atoms with Gasteiger partial charge in [0.15, 0.2) is 0 Å². The van der Waals surface area contributed by atoms with E-state index in [-0.39, 0.29) is 11.9 Å². The molecule has 0 aliphatic heterocycles. The second kappa shape index (κ2) is 7.10. The third-order valence-corrected chi connectivity index (χ3v) is 3.14. The van der Waals surface area contributed by atoms with Gasteiger partial charge in [-0.25, -0.2) is 14.4 Å². The highest BCUT2D eigenvalue weighted by Crippen LogP contribution is 2.17. The largest absolute Gasteiger partial charge is 0.307 e. The Morgan fingerprint density at radius 3 is 2.55 bits per heavy atom. The fourth-order valence-corrected chi connectivity index (χ4v) is 2.04. The SMILES string of the molecule is CCCNC(Cc1ccccc1F)c1ncc(C)cn1. The fraction of sp³-hybridized carbons (Fsp3) is 0.375. The molecule has 20 heavy (non-hydrogen) atoms. The summed E-state index contributed by atoms with van der Waals surface area (Å²) in [6.45, 7) is 4.91. The van der Waals surface area contributed by atoms with Crippen LogP contribution in [0.2, 0.25) is 0 Å². The topological polar surface area (TPSA) is 37.8 Å². The Morgan fingerprint density at radius 1 is 1.20 bits per heavy atom. The lowest BCUT2D eigenvalue weighted by atomic mass is 10.0. The van der Waals surface area contributed by atoms with Crippen LogP contribution < -0.4 is 5.32 Å². The highest BCUT2D eigenvalue weighted by molar-refractivity contribution is 5.20. The molecule has 0 spiro atoms. The zero-order valence-electron chi connectivity index (χ0n) is 11.9. The van der Waals surface area contributed by atoms with Crippen LogP contribution >= 0.6 is 0 Å². The minimum atomic E-state index is -0.178. The van der Waals surface area contributed by atoms with Crippen molar-refractivity contribution < 1.29 is 4.39 Å². The predicted octanol–water partition coefficient (Wildman–Crippen LogP) is 3.21. The Morgan fingerprint density at radius 2 is 1.90 bits per heavy atom. The molecule has 0 fully saturated rings. The normalized spacial score (nSPS) is 12.3. The molecule has 0 aliphatic rings. The van der Waals surface area contributed by atoms with Crippen molar-refractivity contribution in [2.24, 2.45) is 0 Å². The van der Waals surface area contributed by atoms with Crippen LogP contribution in [0.5, 0.6) is 0 Å². The van der Waals surface area contributed by atoms with Gasteiger partial charge in [0.05, 0.1) is 6.04 Å². The number of nitrogens with one attached hydrogen (secondary N) is 1. The number of nitrogens with zero attached hydrogens (tertiary/aromatic N) is 2. The van der Waals surface area contributed by atoms with E-state index in [1.165, 1.54) is 6.07 Å². The molecule has 1 atom stereocenters. The fourth-order valence-electron chi connectivity index (χ4n) is 2.04. The van der Waals surface area contributed by atoms with Crippen LogP contribution in [0.1, 0.15) is 36.3 Å². The first-order valence-corrected chi connectivity index (χ1v) is 6.96. The summed E-state index contributed by atoms with van der Waals surface area (Å²) in [7, 11) is 0. The molecule has 0 bridgehead atoms. The monoisotopic (exact) mass is 273 g/mol. The quantitative estimate of drug-likeness (QED) is 0.878. The minimum absolute atomic E-state index is 0.0625. The van der Waals surface area contributed by atoms with Crippen molar-refractivity contribution in [1.82, 2.24) is 15.3 Å². The van der Waals surface area contributed by atoms with Crippen LogP contribution in [0.3, 0.4) is 0 Å². The lowest BCUT2D eigenvalue weighted by Gasteiger charge is -2.17. The average Bonchev–Trinajstić information content (AvgIpc) is 2.46. The van der Waals surface area contributed by atoms with Crippen molar-refractivity contribution in [2.45, 2.75) is 32.7 Å². The highest BCUT2D eigenvalue weighted by atomic mass is 19.1. The van der Waals surface area contributed by atoms with Gasteiger partial charge in [0.25, 0.3) is 0 Å². The maximum atomic E-state index is 13.8. The predicted molar refractivity (Wildman–Crippen MR) is 77.9 cm³/mol. The molecule has 0 radical (unpaired) electrons. The van der Waals surface area contributed by atoms with Gasteiger partial charge in [-0.3, -0.25) is 0 Å². The van der Waals surface area contributed by atoms with E-state index in [0.29, 0.717) is 17.8 Å².